The third-order valence-corrected chi connectivity index (χ3v) is 11.5. The minimum atomic E-state index is 0.413. The van der Waals surface area contributed by atoms with Crippen LogP contribution in [0.3, 0.4) is 0 Å². The maximum atomic E-state index is 9.88. The van der Waals surface area contributed by atoms with Crippen LogP contribution >= 0.6 is 0 Å². The van der Waals surface area contributed by atoms with Crippen LogP contribution in [-0.4, -0.2) is 9.13 Å². The molecule has 0 aliphatic carbocycles. The molecule has 8 aromatic carbocycles. The fourth-order valence-corrected chi connectivity index (χ4v) is 8.74. The number of aromatic nitrogens is 2. The molecular formula is C54H29N7. The Morgan fingerprint density at radius 2 is 0.885 bits per heavy atom. The van der Waals surface area contributed by atoms with Gasteiger partial charge in [-0.3, -0.25) is 0 Å². The molecule has 0 aliphatic rings. The molecule has 2 aromatic heterocycles. The van der Waals surface area contributed by atoms with E-state index >= 15 is 0 Å². The second kappa shape index (κ2) is 14.3. The van der Waals surface area contributed by atoms with Crippen molar-refractivity contribution in [2.75, 3.05) is 0 Å². The minimum Gasteiger partial charge on any atom is -0.307 e. The zero-order chi connectivity index (χ0) is 41.8. The fourth-order valence-electron chi connectivity index (χ4n) is 8.74. The molecule has 0 amide bonds. The normalized spacial score (nSPS) is 11.0. The number of rotatable bonds is 5. The standard InChI is InChI=1S/C54H29N7/c1-33-19-53(60-49-13-6-4-11-44(49)47-27-37(15-17-51(47)60)40-21-35(31-56)23-42(25-40)58-2)54(29-46(33)39-10-8-9-34(20-39)30-55)61-50-14-7-5-12-45(50)48-28-38(16-18-52(48)61)41-22-36(32-57)24-43(26-41)59-3/h4-29H,1H3. The molecule has 7 heteroatoms. The summed E-state index contributed by atoms with van der Waals surface area (Å²) in [5, 5.41) is 33.6. The summed E-state index contributed by atoms with van der Waals surface area (Å²) in [4.78, 5) is 7.27. The summed E-state index contributed by atoms with van der Waals surface area (Å²) < 4.78 is 4.63. The minimum absolute atomic E-state index is 0.413. The van der Waals surface area contributed by atoms with Crippen LogP contribution in [0.1, 0.15) is 22.3 Å². The summed E-state index contributed by atoms with van der Waals surface area (Å²) in [6.07, 6.45) is 0. The molecule has 10 aromatic rings. The Kier molecular flexibility index (Phi) is 8.49. The Bertz CT molecular complexity index is 3670. The first-order chi connectivity index (χ1) is 29.9. The van der Waals surface area contributed by atoms with E-state index in [2.05, 4.69) is 117 Å². The highest BCUT2D eigenvalue weighted by atomic mass is 15.1. The van der Waals surface area contributed by atoms with Gasteiger partial charge >= 0.3 is 0 Å². The van der Waals surface area contributed by atoms with E-state index < -0.39 is 0 Å². The molecule has 0 radical (unpaired) electrons. The maximum absolute atomic E-state index is 9.88. The van der Waals surface area contributed by atoms with E-state index in [1.807, 2.05) is 72.8 Å². The SMILES string of the molecule is [C-]#[N+]c1cc(C#N)cc(-c2ccc3c(c2)c2ccccc2n3-c2cc(C)c(-c3cccc(C#N)c3)cc2-n2c3ccccc3c3cc(-c4cc(C#N)cc([N+]#[C-])c4)ccc32)c1. The van der Waals surface area contributed by atoms with Gasteiger partial charge in [-0.15, -0.1) is 0 Å². The predicted octanol–water partition coefficient (Wildman–Crippen LogP) is 13.9. The van der Waals surface area contributed by atoms with Gasteiger partial charge in [-0.05, 0) is 143 Å². The second-order valence-corrected chi connectivity index (χ2v) is 15.0. The van der Waals surface area contributed by atoms with Crippen LogP contribution in [-0.2, 0) is 0 Å². The van der Waals surface area contributed by atoms with Crippen molar-refractivity contribution < 1.29 is 0 Å². The summed E-state index contributed by atoms with van der Waals surface area (Å²) in [6.45, 7) is 17.4. The lowest BCUT2D eigenvalue weighted by atomic mass is 9.97. The Hall–Kier alpha value is -9.19. The summed E-state index contributed by atoms with van der Waals surface area (Å²) in [7, 11) is 0. The zero-order valence-corrected chi connectivity index (χ0v) is 32.6. The molecule has 2 heterocycles. The summed E-state index contributed by atoms with van der Waals surface area (Å²) in [5.41, 5.74) is 14.5. The molecule has 0 N–H and O–H groups in total. The average Bonchev–Trinajstić information content (AvgIpc) is 3.83. The monoisotopic (exact) mass is 775 g/mol. The molecule has 0 atom stereocenters. The van der Waals surface area contributed by atoms with Gasteiger partial charge in [0.1, 0.15) is 0 Å². The molecule has 7 nitrogen and oxygen atoms in total. The first kappa shape index (κ1) is 36.2. The lowest BCUT2D eigenvalue weighted by molar-refractivity contribution is 1.09. The number of nitrogens with zero attached hydrogens (tertiary/aromatic N) is 7. The third kappa shape index (κ3) is 5.94. The van der Waals surface area contributed by atoms with Gasteiger partial charge in [0, 0.05) is 32.7 Å². The van der Waals surface area contributed by atoms with Crippen LogP contribution in [0.4, 0.5) is 11.4 Å². The summed E-state index contributed by atoms with van der Waals surface area (Å²) >= 11 is 0. The highest BCUT2D eigenvalue weighted by molar-refractivity contribution is 6.13. The first-order valence-electron chi connectivity index (χ1n) is 19.5. The highest BCUT2D eigenvalue weighted by Crippen LogP contribution is 2.43. The van der Waals surface area contributed by atoms with Crippen LogP contribution in [0, 0.1) is 54.1 Å². The van der Waals surface area contributed by atoms with Gasteiger partial charge in [-0.2, -0.15) is 15.8 Å². The van der Waals surface area contributed by atoms with E-state index in [0.717, 1.165) is 93.9 Å². The third-order valence-electron chi connectivity index (χ3n) is 11.5. The van der Waals surface area contributed by atoms with E-state index in [4.69, 9.17) is 13.1 Å². The van der Waals surface area contributed by atoms with Crippen LogP contribution in [0.25, 0.3) is 98.1 Å². The van der Waals surface area contributed by atoms with Crippen LogP contribution in [0.2, 0.25) is 0 Å². The number of hydrogen-bond acceptors (Lipinski definition) is 3. The maximum Gasteiger partial charge on any atom is 0.189 e. The van der Waals surface area contributed by atoms with Crippen molar-refractivity contribution in [1.82, 2.24) is 9.13 Å². The molecule has 0 saturated carbocycles. The number of nitriles is 3. The van der Waals surface area contributed by atoms with E-state index in [-0.39, 0.29) is 0 Å². The summed E-state index contributed by atoms with van der Waals surface area (Å²) in [5.74, 6) is 0. The summed E-state index contributed by atoms with van der Waals surface area (Å²) in [6, 6.07) is 58.8. The first-order valence-corrected chi connectivity index (χ1v) is 19.5. The van der Waals surface area contributed by atoms with Gasteiger partial charge < -0.3 is 9.13 Å². The van der Waals surface area contributed by atoms with Crippen molar-refractivity contribution in [1.29, 1.82) is 15.8 Å². The second-order valence-electron chi connectivity index (χ2n) is 15.0. The van der Waals surface area contributed by atoms with Crippen LogP contribution < -0.4 is 0 Å². The molecular weight excluding hydrogens is 747 g/mol. The average molecular weight is 776 g/mol. The molecule has 0 spiro atoms. The topological polar surface area (TPSA) is 90.0 Å². The number of hydrogen-bond donors (Lipinski definition) is 0. The van der Waals surface area contributed by atoms with Crippen molar-refractivity contribution in [3.63, 3.8) is 0 Å². The quantitative estimate of drug-likeness (QED) is 0.163. The number of para-hydroxylation sites is 2. The van der Waals surface area contributed by atoms with Crippen LogP contribution in [0.5, 0.6) is 0 Å². The van der Waals surface area contributed by atoms with Crippen molar-refractivity contribution in [2.45, 2.75) is 6.92 Å². The van der Waals surface area contributed by atoms with Crippen molar-refractivity contribution >= 4 is 55.0 Å². The highest BCUT2D eigenvalue weighted by Gasteiger charge is 2.22. The molecule has 0 saturated heterocycles. The Labute approximate surface area is 351 Å². The molecule has 10 rings (SSSR count). The largest absolute Gasteiger partial charge is 0.307 e. The van der Waals surface area contributed by atoms with E-state index in [9.17, 15) is 15.8 Å². The van der Waals surface area contributed by atoms with Gasteiger partial charge in [-0.25, -0.2) is 9.69 Å². The number of benzene rings is 8. The molecule has 280 valence electrons. The van der Waals surface area contributed by atoms with Gasteiger partial charge in [0.2, 0.25) is 0 Å². The lowest BCUT2D eigenvalue weighted by Crippen LogP contribution is -2.05. The van der Waals surface area contributed by atoms with E-state index in [1.54, 1.807) is 12.1 Å². The Balaban J connectivity index is 1.28. The van der Waals surface area contributed by atoms with Gasteiger partial charge in [0.05, 0.1) is 70.4 Å². The van der Waals surface area contributed by atoms with Gasteiger partial charge in [0.25, 0.3) is 0 Å². The zero-order valence-electron chi connectivity index (χ0n) is 32.6. The number of fused-ring (bicyclic) bond motifs is 6. The molecule has 0 aliphatic heterocycles. The smallest absolute Gasteiger partial charge is 0.189 e. The van der Waals surface area contributed by atoms with Crippen LogP contribution in [0.15, 0.2) is 158 Å². The predicted molar refractivity (Wildman–Crippen MR) is 243 cm³/mol. The van der Waals surface area contributed by atoms with Crippen molar-refractivity contribution in [2.24, 2.45) is 0 Å². The number of aryl methyl sites for hydroxylation is 1. The molecule has 0 unspecified atom stereocenters. The molecule has 0 fully saturated rings. The molecule has 0 bridgehead atoms. The lowest BCUT2D eigenvalue weighted by Gasteiger charge is -2.20. The van der Waals surface area contributed by atoms with E-state index in [1.165, 1.54) is 0 Å². The van der Waals surface area contributed by atoms with Crippen molar-refractivity contribution in [3.05, 3.63) is 203 Å². The Morgan fingerprint density at radius 3 is 1.39 bits per heavy atom. The van der Waals surface area contributed by atoms with Gasteiger partial charge in [0.15, 0.2) is 11.4 Å². The van der Waals surface area contributed by atoms with Gasteiger partial charge in [-0.1, -0.05) is 60.7 Å². The molecule has 61 heavy (non-hydrogen) atoms. The van der Waals surface area contributed by atoms with Crippen molar-refractivity contribution in [3.8, 4) is 63.0 Å². The fraction of sp³-hybridized carbons (Fsp3) is 0.0185. The Morgan fingerprint density at radius 1 is 0.410 bits per heavy atom. The van der Waals surface area contributed by atoms with E-state index in [0.29, 0.717) is 28.1 Å².